The van der Waals surface area contributed by atoms with Crippen LogP contribution in [0.3, 0.4) is 0 Å². The van der Waals surface area contributed by atoms with E-state index in [1.165, 1.54) is 0 Å². The maximum atomic E-state index is 10.7. The van der Waals surface area contributed by atoms with Crippen molar-refractivity contribution in [3.63, 3.8) is 0 Å². The van der Waals surface area contributed by atoms with Crippen LogP contribution in [0.15, 0.2) is 121 Å². The summed E-state index contributed by atoms with van der Waals surface area (Å²) in [6.45, 7) is 0. The molecule has 0 amide bonds. The number of hydrogen-bond acceptors (Lipinski definition) is 12. The van der Waals surface area contributed by atoms with Gasteiger partial charge in [-0.05, 0) is 24.3 Å². The normalized spacial score (nSPS) is 10.2. The summed E-state index contributed by atoms with van der Waals surface area (Å²) in [4.78, 5) is 43.0. The van der Waals surface area contributed by atoms with E-state index in [1.807, 2.05) is 0 Å². The first-order valence-corrected chi connectivity index (χ1v) is 17.1. The van der Waals surface area contributed by atoms with Crippen molar-refractivity contribution in [1.29, 1.82) is 0 Å². The third-order valence-electron chi connectivity index (χ3n) is 8.90. The zero-order valence-electron chi connectivity index (χ0n) is 31.0. The molecule has 8 aromatic rings. The number of carboxylic acid groups (broad SMARTS) is 4. The topological polar surface area (TPSA) is 311 Å². The van der Waals surface area contributed by atoms with Crippen LogP contribution in [0, 0.1) is 0 Å². The minimum Gasteiger partial charge on any atom is -0.507 e. The number of benzene rings is 8. The fourth-order valence-corrected chi connectivity index (χ4v) is 6.02. The number of rotatable bonds is 4. The summed E-state index contributed by atoms with van der Waals surface area (Å²) in [5.41, 5.74) is -1.20. The molecule has 0 aliphatic heterocycles. The Morgan fingerprint density at radius 2 is 0.426 bits per heavy atom. The van der Waals surface area contributed by atoms with Gasteiger partial charge in [0.2, 0.25) is 0 Å². The largest absolute Gasteiger partial charge is 0.507 e. The second kappa shape index (κ2) is 19.0. The Balaban J connectivity index is 0.000000178. The van der Waals surface area contributed by atoms with Gasteiger partial charge >= 0.3 is 23.9 Å². The molecule has 61 heavy (non-hydrogen) atoms. The first kappa shape index (κ1) is 45.5. The molecule has 0 radical (unpaired) electrons. The Labute approximate surface area is 357 Å². The van der Waals surface area contributed by atoms with Crippen LogP contribution in [0.25, 0.3) is 43.1 Å². The van der Waals surface area contributed by atoms with Crippen LogP contribution in [0.1, 0.15) is 41.4 Å². The number of hydrogen-bond donors (Lipinski definition) is 12. The maximum absolute atomic E-state index is 10.7. The van der Waals surface area contributed by atoms with Crippen LogP contribution in [-0.4, -0.2) is 85.2 Å². The third kappa shape index (κ3) is 9.58. The van der Waals surface area contributed by atoms with Gasteiger partial charge in [-0.15, -0.1) is 0 Å². The molecule has 16 nitrogen and oxygen atoms in total. The number of phenols is 8. The fourth-order valence-electron chi connectivity index (χ4n) is 6.02. The van der Waals surface area contributed by atoms with Gasteiger partial charge in [0.15, 0.2) is 0 Å². The second-order valence-corrected chi connectivity index (χ2v) is 12.6. The zero-order chi connectivity index (χ0) is 44.0. The molecular weight excluding hydrogens is 832 g/mol. The molecule has 0 fully saturated rings. The van der Waals surface area contributed by atoms with Crippen LogP contribution < -0.4 is 0 Å². The molecule has 308 valence electrons. The van der Waals surface area contributed by atoms with Gasteiger partial charge in [-0.3, -0.25) is 0 Å². The molecule has 0 aliphatic carbocycles. The summed E-state index contributed by atoms with van der Waals surface area (Å²) in [6.07, 6.45) is 0. The predicted molar refractivity (Wildman–Crippen MR) is 217 cm³/mol. The summed E-state index contributed by atoms with van der Waals surface area (Å²) < 4.78 is 0. The minimum absolute atomic E-state index is 0. The molecule has 0 heterocycles. The third-order valence-corrected chi connectivity index (χ3v) is 8.90. The summed E-state index contributed by atoms with van der Waals surface area (Å²) in [6, 6.07) is 30.2. The monoisotopic (exact) mass is 864 g/mol. The molecular formula is C44H32O16Ti. The molecule has 0 spiro atoms. The molecule has 0 unspecified atom stereocenters. The number of carboxylic acids is 4. The molecule has 0 aromatic heterocycles. The number of aromatic carboxylic acids is 4. The average Bonchev–Trinajstić information content (AvgIpc) is 3.23. The summed E-state index contributed by atoms with van der Waals surface area (Å²) in [7, 11) is 0. The van der Waals surface area contributed by atoms with E-state index in [2.05, 4.69) is 0 Å². The number of aromatic hydroxyl groups is 8. The van der Waals surface area contributed by atoms with E-state index in [1.54, 1.807) is 97.1 Å². The molecule has 17 heteroatoms. The van der Waals surface area contributed by atoms with Gasteiger partial charge in [0, 0.05) is 64.8 Å². The van der Waals surface area contributed by atoms with Crippen molar-refractivity contribution in [2.45, 2.75) is 0 Å². The Morgan fingerprint density at radius 1 is 0.279 bits per heavy atom. The number of fused-ring (bicyclic) bond motifs is 4. The van der Waals surface area contributed by atoms with Crippen molar-refractivity contribution in [1.82, 2.24) is 0 Å². The smallest absolute Gasteiger partial charge is 0.339 e. The Bertz CT molecular complexity index is 2590. The van der Waals surface area contributed by atoms with E-state index in [0.717, 1.165) is 24.3 Å². The van der Waals surface area contributed by atoms with Gasteiger partial charge in [0.25, 0.3) is 0 Å². The van der Waals surface area contributed by atoms with Gasteiger partial charge in [0.05, 0.1) is 0 Å². The number of phenolic OH excluding ortho intramolecular Hbond substituents is 4. The van der Waals surface area contributed by atoms with Crippen molar-refractivity contribution >= 4 is 67.0 Å². The van der Waals surface area contributed by atoms with Crippen LogP contribution in [0.4, 0.5) is 0 Å². The molecule has 8 rings (SSSR count). The first-order valence-electron chi connectivity index (χ1n) is 17.1. The SMILES string of the molecule is O=C(O)c1cc(O)c2ccccc2c1O.O=C(O)c1cc(O)c2ccccc2c1O.O=C(O)c1cc(O)c2ccccc2c1O.O=C(O)c1cc(O)c2ccccc2c1O.[Ti]. The van der Waals surface area contributed by atoms with Crippen molar-refractivity contribution in [3.05, 3.63) is 144 Å². The van der Waals surface area contributed by atoms with Crippen molar-refractivity contribution < 1.29 is 102 Å². The fraction of sp³-hybridized carbons (Fsp3) is 0. The molecule has 0 aliphatic rings. The van der Waals surface area contributed by atoms with Gasteiger partial charge < -0.3 is 61.3 Å². The van der Waals surface area contributed by atoms with Gasteiger partial charge in [-0.1, -0.05) is 97.1 Å². The summed E-state index contributed by atoms with van der Waals surface area (Å²) >= 11 is 0. The maximum Gasteiger partial charge on any atom is 0.339 e. The molecule has 0 bridgehead atoms. The van der Waals surface area contributed by atoms with Crippen molar-refractivity contribution in [2.75, 3.05) is 0 Å². The predicted octanol–water partition coefficient (Wildman–Crippen LogP) is 7.79. The van der Waals surface area contributed by atoms with Crippen LogP contribution in [0.5, 0.6) is 46.0 Å². The molecule has 0 saturated carbocycles. The van der Waals surface area contributed by atoms with Crippen molar-refractivity contribution in [3.8, 4) is 46.0 Å². The quantitative estimate of drug-likeness (QED) is 0.0593. The Kier molecular flexibility index (Phi) is 14.2. The summed E-state index contributed by atoms with van der Waals surface area (Å²) in [5, 5.41) is 115. The second-order valence-electron chi connectivity index (χ2n) is 12.6. The first-order chi connectivity index (χ1) is 28.4. The molecule has 12 N–H and O–H groups in total. The van der Waals surface area contributed by atoms with E-state index in [0.29, 0.717) is 43.1 Å². The van der Waals surface area contributed by atoms with Crippen LogP contribution in [-0.2, 0) is 21.7 Å². The van der Waals surface area contributed by atoms with E-state index in [9.17, 15) is 60.0 Å². The zero-order valence-corrected chi connectivity index (χ0v) is 32.6. The van der Waals surface area contributed by atoms with Crippen LogP contribution >= 0.6 is 0 Å². The van der Waals surface area contributed by atoms with Gasteiger partial charge in [0.1, 0.15) is 68.2 Å². The van der Waals surface area contributed by atoms with Crippen LogP contribution in [0.2, 0.25) is 0 Å². The van der Waals surface area contributed by atoms with E-state index < -0.39 is 23.9 Å². The molecule has 0 atom stereocenters. The van der Waals surface area contributed by atoms with E-state index >= 15 is 0 Å². The van der Waals surface area contributed by atoms with Crippen molar-refractivity contribution in [2.24, 2.45) is 0 Å². The van der Waals surface area contributed by atoms with Gasteiger partial charge in [-0.25, -0.2) is 19.2 Å². The Hall–Kier alpha value is -8.21. The number of carbonyl (C=O) groups is 4. The summed E-state index contributed by atoms with van der Waals surface area (Å²) in [5.74, 6) is -6.98. The average molecular weight is 865 g/mol. The molecule has 8 aromatic carbocycles. The molecule has 0 saturated heterocycles. The minimum atomic E-state index is -1.27. The van der Waals surface area contributed by atoms with E-state index in [4.69, 9.17) is 20.4 Å². The Morgan fingerprint density at radius 3 is 0.574 bits per heavy atom. The standard InChI is InChI=1S/4C11H8O4.Ti/c4*12-9-5-8(11(14)15)10(13)7-4-2-1-3-6(7)9;/h4*1-5,12-13H,(H,14,15);. The van der Waals surface area contributed by atoms with E-state index in [-0.39, 0.29) is 90.0 Å². The van der Waals surface area contributed by atoms with Gasteiger partial charge in [-0.2, -0.15) is 0 Å².